The highest BCUT2D eigenvalue weighted by Gasteiger charge is 2.44. The second kappa shape index (κ2) is 6.82. The third-order valence-corrected chi connectivity index (χ3v) is 5.18. The van der Waals surface area contributed by atoms with Crippen molar-refractivity contribution in [3.05, 3.63) is 35.6 Å². The first-order valence-corrected chi connectivity index (χ1v) is 8.28. The minimum absolute atomic E-state index is 0.00227. The molecule has 2 aliphatic rings. The second-order valence-corrected chi connectivity index (χ2v) is 6.65. The molecule has 0 aromatic heterocycles. The van der Waals surface area contributed by atoms with Gasteiger partial charge in [0.05, 0.1) is 6.10 Å². The molecule has 0 aromatic carbocycles. The molecular weight excluding hydrogens is 276 g/mol. The first kappa shape index (κ1) is 17.0. The van der Waals surface area contributed by atoms with Gasteiger partial charge in [0, 0.05) is 36.9 Å². The second-order valence-electron chi connectivity index (χ2n) is 6.65. The van der Waals surface area contributed by atoms with E-state index in [9.17, 15) is 9.90 Å². The Balaban J connectivity index is 2.45. The maximum absolute atomic E-state index is 12.3. The number of ether oxygens (including phenoxy) is 1. The summed E-state index contributed by atoms with van der Waals surface area (Å²) in [6.45, 7) is 15.1. The van der Waals surface area contributed by atoms with E-state index >= 15 is 0 Å². The van der Waals surface area contributed by atoms with Crippen molar-refractivity contribution in [3.63, 3.8) is 0 Å². The van der Waals surface area contributed by atoms with Crippen molar-refractivity contribution in [1.29, 1.82) is 0 Å². The van der Waals surface area contributed by atoms with Crippen LogP contribution in [0, 0.1) is 17.8 Å². The van der Waals surface area contributed by atoms with E-state index in [1.54, 1.807) is 0 Å². The number of rotatable bonds is 5. The molecule has 3 heteroatoms. The maximum atomic E-state index is 12.3. The van der Waals surface area contributed by atoms with Gasteiger partial charge in [-0.15, -0.1) is 0 Å². The maximum Gasteiger partial charge on any atom is 0.163 e. The van der Waals surface area contributed by atoms with Gasteiger partial charge in [0.2, 0.25) is 0 Å². The summed E-state index contributed by atoms with van der Waals surface area (Å²) in [6, 6.07) is 0. The molecule has 1 N–H and O–H groups in total. The molecule has 1 saturated carbocycles. The first-order valence-electron chi connectivity index (χ1n) is 8.28. The van der Waals surface area contributed by atoms with Crippen molar-refractivity contribution < 1.29 is 14.6 Å². The zero-order valence-corrected chi connectivity index (χ0v) is 14.0. The molecule has 2 rings (SSSR count). The fourth-order valence-corrected chi connectivity index (χ4v) is 4.15. The molecule has 0 aliphatic heterocycles. The molecule has 0 heterocycles. The van der Waals surface area contributed by atoms with E-state index in [-0.39, 0.29) is 29.5 Å². The van der Waals surface area contributed by atoms with E-state index in [1.165, 1.54) is 0 Å². The lowest BCUT2D eigenvalue weighted by Gasteiger charge is -2.43. The number of hydrogen-bond donors (Lipinski definition) is 1. The van der Waals surface area contributed by atoms with Gasteiger partial charge in [-0.3, -0.25) is 4.79 Å². The number of allylic oxidation sites excluding steroid dienone is 4. The lowest BCUT2D eigenvalue weighted by molar-refractivity contribution is -0.115. The lowest BCUT2D eigenvalue weighted by Crippen LogP contribution is -2.40. The number of Topliss-reactive ketones (excluding diaryl/α,β-unsaturated/α-hetero) is 1. The van der Waals surface area contributed by atoms with Gasteiger partial charge < -0.3 is 9.84 Å². The van der Waals surface area contributed by atoms with E-state index in [4.69, 9.17) is 4.74 Å². The van der Waals surface area contributed by atoms with Crippen molar-refractivity contribution >= 4 is 5.78 Å². The van der Waals surface area contributed by atoms with Crippen molar-refractivity contribution in [1.82, 2.24) is 0 Å². The third kappa shape index (κ3) is 3.05. The summed E-state index contributed by atoms with van der Waals surface area (Å²) in [7, 11) is 0. The van der Waals surface area contributed by atoms with Gasteiger partial charge in [0.1, 0.15) is 5.76 Å². The monoisotopic (exact) mass is 304 g/mol. The fourth-order valence-electron chi connectivity index (χ4n) is 4.15. The van der Waals surface area contributed by atoms with Gasteiger partial charge in [0.15, 0.2) is 5.78 Å². The first-order chi connectivity index (χ1) is 10.4. The van der Waals surface area contributed by atoms with E-state index in [2.05, 4.69) is 20.1 Å². The molecule has 1 fully saturated rings. The Kier molecular flexibility index (Phi) is 5.28. The Morgan fingerprint density at radius 1 is 1.41 bits per heavy atom. The number of ketones is 1. The number of aliphatic hydroxyl groups is 1. The SMILES string of the molecule is C=C1CC[C@H](C(=C)C)C(C(C)OCC)[C@@H]1C1=C(O)CCC1=O. The van der Waals surface area contributed by atoms with Crippen LogP contribution < -0.4 is 0 Å². The predicted octanol–water partition coefficient (Wildman–Crippen LogP) is 4.36. The summed E-state index contributed by atoms with van der Waals surface area (Å²) in [5.74, 6) is 0.641. The number of carbonyl (C=O) groups excluding carboxylic acids is 1. The van der Waals surface area contributed by atoms with Crippen LogP contribution in [0.25, 0.3) is 0 Å². The van der Waals surface area contributed by atoms with Crippen LogP contribution >= 0.6 is 0 Å². The van der Waals surface area contributed by atoms with Crippen LogP contribution in [0.2, 0.25) is 0 Å². The van der Waals surface area contributed by atoms with Crippen LogP contribution in [0.1, 0.15) is 46.5 Å². The summed E-state index contributed by atoms with van der Waals surface area (Å²) in [6.07, 6.45) is 2.75. The predicted molar refractivity (Wildman–Crippen MR) is 88.6 cm³/mol. The van der Waals surface area contributed by atoms with Gasteiger partial charge in [0.25, 0.3) is 0 Å². The summed E-state index contributed by atoms with van der Waals surface area (Å²) in [5.41, 5.74) is 2.76. The topological polar surface area (TPSA) is 46.5 Å². The average Bonchev–Trinajstić information content (AvgIpc) is 2.78. The van der Waals surface area contributed by atoms with Crippen molar-refractivity contribution in [2.75, 3.05) is 6.61 Å². The van der Waals surface area contributed by atoms with Crippen molar-refractivity contribution in [3.8, 4) is 0 Å². The van der Waals surface area contributed by atoms with E-state index in [1.807, 2.05) is 13.8 Å². The molecule has 2 aliphatic carbocycles. The van der Waals surface area contributed by atoms with Crippen LogP contribution in [0.5, 0.6) is 0 Å². The molecule has 22 heavy (non-hydrogen) atoms. The highest BCUT2D eigenvalue weighted by atomic mass is 16.5. The molecule has 3 nitrogen and oxygen atoms in total. The summed E-state index contributed by atoms with van der Waals surface area (Å²) >= 11 is 0. The standard InChI is InChI=1S/C19H28O3/c1-6-22-13(5)18-14(11(2)3)8-7-12(4)17(18)19-15(20)9-10-16(19)21/h13-14,17-18,20H,2,4,6-10H2,1,3,5H3/t13?,14-,17-,18?/m1/s1. The number of hydrogen-bond acceptors (Lipinski definition) is 3. The Morgan fingerprint density at radius 3 is 2.59 bits per heavy atom. The molecule has 0 amide bonds. The highest BCUT2D eigenvalue weighted by molar-refractivity contribution is 5.99. The smallest absolute Gasteiger partial charge is 0.163 e. The number of aliphatic hydroxyl groups excluding tert-OH is 1. The Labute approximate surface area is 133 Å². The largest absolute Gasteiger partial charge is 0.512 e. The van der Waals surface area contributed by atoms with Crippen LogP contribution in [0.4, 0.5) is 0 Å². The molecule has 2 unspecified atom stereocenters. The fraction of sp³-hybridized carbons (Fsp3) is 0.632. The van der Waals surface area contributed by atoms with Gasteiger partial charge in [-0.2, -0.15) is 0 Å². The Morgan fingerprint density at radius 2 is 2.09 bits per heavy atom. The lowest BCUT2D eigenvalue weighted by atomic mass is 9.63. The van der Waals surface area contributed by atoms with E-state index in [0.717, 1.165) is 24.0 Å². The summed E-state index contributed by atoms with van der Waals surface area (Å²) < 4.78 is 5.87. The van der Waals surface area contributed by atoms with Gasteiger partial charge in [-0.05, 0) is 39.5 Å². The molecule has 122 valence electrons. The minimum atomic E-state index is -0.105. The zero-order valence-electron chi connectivity index (χ0n) is 14.0. The number of carbonyl (C=O) groups is 1. The van der Waals surface area contributed by atoms with Gasteiger partial charge in [-0.1, -0.05) is 24.3 Å². The van der Waals surface area contributed by atoms with E-state index in [0.29, 0.717) is 30.9 Å². The molecule has 0 saturated heterocycles. The van der Waals surface area contributed by atoms with Crippen LogP contribution in [0.3, 0.4) is 0 Å². The van der Waals surface area contributed by atoms with Crippen molar-refractivity contribution in [2.45, 2.75) is 52.6 Å². The third-order valence-electron chi connectivity index (χ3n) is 5.18. The zero-order chi connectivity index (χ0) is 16.4. The molecule has 0 aromatic rings. The molecule has 4 atom stereocenters. The van der Waals surface area contributed by atoms with Crippen LogP contribution in [0.15, 0.2) is 35.6 Å². The molecule has 0 bridgehead atoms. The Hall–Kier alpha value is -1.35. The summed E-state index contributed by atoms with van der Waals surface area (Å²) in [5, 5.41) is 10.2. The quantitative estimate of drug-likeness (QED) is 0.768. The molecular formula is C19H28O3. The van der Waals surface area contributed by atoms with E-state index < -0.39 is 0 Å². The summed E-state index contributed by atoms with van der Waals surface area (Å²) in [4.78, 5) is 12.3. The van der Waals surface area contributed by atoms with Crippen molar-refractivity contribution in [2.24, 2.45) is 17.8 Å². The molecule has 0 radical (unpaired) electrons. The van der Waals surface area contributed by atoms with Crippen LogP contribution in [-0.4, -0.2) is 23.6 Å². The minimum Gasteiger partial charge on any atom is -0.512 e. The van der Waals surface area contributed by atoms with Gasteiger partial charge in [-0.25, -0.2) is 0 Å². The van der Waals surface area contributed by atoms with Crippen LogP contribution in [-0.2, 0) is 9.53 Å². The molecule has 0 spiro atoms. The Bertz CT molecular complexity index is 515. The highest BCUT2D eigenvalue weighted by Crippen LogP contribution is 2.48. The van der Waals surface area contributed by atoms with Gasteiger partial charge >= 0.3 is 0 Å². The normalized spacial score (nSPS) is 30.8. The average molecular weight is 304 g/mol.